The molecule has 2 heterocycles. The predicted molar refractivity (Wildman–Crippen MR) is 106 cm³/mol. The molecule has 0 radical (unpaired) electrons. The van der Waals surface area contributed by atoms with Crippen molar-refractivity contribution < 1.29 is 4.42 Å². The van der Waals surface area contributed by atoms with Gasteiger partial charge in [0.1, 0.15) is 11.2 Å². The van der Waals surface area contributed by atoms with Crippen LogP contribution in [0.15, 0.2) is 59.0 Å². The molecule has 0 saturated heterocycles. The van der Waals surface area contributed by atoms with Gasteiger partial charge in [-0.2, -0.15) is 0 Å². The first kappa shape index (κ1) is 14.6. The smallest absolute Gasteiger partial charge is 0.137 e. The number of fused-ring (bicyclic) bond motifs is 7. The van der Waals surface area contributed by atoms with Crippen molar-refractivity contribution in [1.29, 1.82) is 0 Å². The average Bonchev–Trinajstić information content (AvgIpc) is 3.10. The second-order valence-electron chi connectivity index (χ2n) is 7.97. The average molecular weight is 327 g/mol. The minimum absolute atomic E-state index is 0.142. The molecule has 2 heteroatoms. The summed E-state index contributed by atoms with van der Waals surface area (Å²) >= 11 is 0. The maximum Gasteiger partial charge on any atom is 0.137 e. The molecule has 0 fully saturated rings. The molecule has 0 saturated carbocycles. The molecule has 0 bridgehead atoms. The van der Waals surface area contributed by atoms with E-state index < -0.39 is 0 Å². The number of hydrogen-bond acceptors (Lipinski definition) is 1. The minimum atomic E-state index is 0.142. The lowest BCUT2D eigenvalue weighted by Gasteiger charge is -2.19. The van der Waals surface area contributed by atoms with Crippen molar-refractivity contribution in [3.63, 3.8) is 0 Å². The Morgan fingerprint density at radius 1 is 0.800 bits per heavy atom. The molecule has 0 aliphatic heterocycles. The number of hydrogen-bond donors (Lipinski definition) is 0. The van der Waals surface area contributed by atoms with Crippen molar-refractivity contribution in [1.82, 2.24) is 4.57 Å². The summed E-state index contributed by atoms with van der Waals surface area (Å²) in [5.41, 5.74) is 5.93. The summed E-state index contributed by atoms with van der Waals surface area (Å²) in [5.74, 6) is 0. The fraction of sp³-hybridized carbons (Fsp3) is 0.217. The highest BCUT2D eigenvalue weighted by atomic mass is 16.3. The fourth-order valence-corrected chi connectivity index (χ4v) is 4.00. The third kappa shape index (κ3) is 1.91. The molecule has 5 rings (SSSR count). The van der Waals surface area contributed by atoms with Crippen LogP contribution in [0.4, 0.5) is 0 Å². The van der Waals surface area contributed by atoms with E-state index in [2.05, 4.69) is 74.9 Å². The minimum Gasteiger partial charge on any atom is -0.456 e. The lowest BCUT2D eigenvalue weighted by molar-refractivity contribution is 0.591. The normalized spacial score (nSPS) is 12.8. The maximum absolute atomic E-state index is 6.08. The lowest BCUT2D eigenvalue weighted by atomic mass is 9.86. The van der Waals surface area contributed by atoms with Crippen molar-refractivity contribution in [3.05, 3.63) is 60.2 Å². The van der Waals surface area contributed by atoms with E-state index >= 15 is 0 Å². The van der Waals surface area contributed by atoms with E-state index in [9.17, 15) is 0 Å². The highest BCUT2D eigenvalue weighted by molar-refractivity contribution is 6.23. The Labute approximate surface area is 146 Å². The summed E-state index contributed by atoms with van der Waals surface area (Å²) in [6, 6.07) is 19.5. The first-order valence-corrected chi connectivity index (χ1v) is 8.78. The Balaban J connectivity index is 2.01. The summed E-state index contributed by atoms with van der Waals surface area (Å²) < 4.78 is 8.38. The van der Waals surface area contributed by atoms with E-state index in [0.717, 1.165) is 11.2 Å². The summed E-state index contributed by atoms with van der Waals surface area (Å²) in [5, 5.41) is 5.01. The largest absolute Gasteiger partial charge is 0.456 e. The van der Waals surface area contributed by atoms with Gasteiger partial charge in [-0.1, -0.05) is 45.0 Å². The molecule has 2 aromatic heterocycles. The van der Waals surface area contributed by atoms with Gasteiger partial charge < -0.3 is 8.98 Å². The SMILES string of the molecule is Cn1c2ccc(C(C)(C)C)cc2c2ccc3oc4ccccc4c3c21. The van der Waals surface area contributed by atoms with Crippen molar-refractivity contribution in [2.75, 3.05) is 0 Å². The molecule has 0 N–H and O–H groups in total. The van der Waals surface area contributed by atoms with Gasteiger partial charge in [0, 0.05) is 28.7 Å². The Morgan fingerprint density at radius 2 is 1.60 bits per heavy atom. The summed E-state index contributed by atoms with van der Waals surface area (Å²) in [7, 11) is 2.16. The topological polar surface area (TPSA) is 18.1 Å². The van der Waals surface area contributed by atoms with Crippen LogP contribution in [-0.4, -0.2) is 4.57 Å². The van der Waals surface area contributed by atoms with Crippen LogP contribution < -0.4 is 0 Å². The van der Waals surface area contributed by atoms with Crippen LogP contribution in [0.25, 0.3) is 43.7 Å². The third-order valence-electron chi connectivity index (χ3n) is 5.37. The summed E-state index contributed by atoms with van der Waals surface area (Å²) in [4.78, 5) is 0. The third-order valence-corrected chi connectivity index (χ3v) is 5.37. The van der Waals surface area contributed by atoms with Gasteiger partial charge in [0.2, 0.25) is 0 Å². The van der Waals surface area contributed by atoms with Crippen LogP contribution in [0.1, 0.15) is 26.3 Å². The zero-order chi connectivity index (χ0) is 17.3. The van der Waals surface area contributed by atoms with Gasteiger partial charge in [-0.05, 0) is 41.3 Å². The number of para-hydroxylation sites is 1. The van der Waals surface area contributed by atoms with Gasteiger partial charge in [0.15, 0.2) is 0 Å². The molecule has 2 nitrogen and oxygen atoms in total. The monoisotopic (exact) mass is 327 g/mol. The van der Waals surface area contributed by atoms with E-state index in [1.807, 2.05) is 12.1 Å². The van der Waals surface area contributed by atoms with E-state index in [1.165, 1.54) is 38.1 Å². The van der Waals surface area contributed by atoms with E-state index in [-0.39, 0.29) is 5.41 Å². The Hall–Kier alpha value is -2.74. The highest BCUT2D eigenvalue weighted by Gasteiger charge is 2.19. The molecular weight excluding hydrogens is 306 g/mol. The Kier molecular flexibility index (Phi) is 2.72. The molecular formula is C23H21NO. The molecule has 0 atom stereocenters. The van der Waals surface area contributed by atoms with Gasteiger partial charge in [-0.15, -0.1) is 0 Å². The molecule has 5 aromatic rings. The second-order valence-corrected chi connectivity index (χ2v) is 7.97. The second kappa shape index (κ2) is 4.66. The summed E-state index contributed by atoms with van der Waals surface area (Å²) in [6.07, 6.45) is 0. The van der Waals surface area contributed by atoms with Gasteiger partial charge in [-0.3, -0.25) is 0 Å². The van der Waals surface area contributed by atoms with Crippen molar-refractivity contribution in [2.45, 2.75) is 26.2 Å². The van der Waals surface area contributed by atoms with Gasteiger partial charge in [0.05, 0.1) is 10.9 Å². The molecule has 0 unspecified atom stereocenters. The summed E-state index contributed by atoms with van der Waals surface area (Å²) in [6.45, 7) is 6.79. The lowest BCUT2D eigenvalue weighted by Crippen LogP contribution is -2.10. The Morgan fingerprint density at radius 3 is 2.40 bits per heavy atom. The molecule has 0 aliphatic carbocycles. The predicted octanol–water partition coefficient (Wildman–Crippen LogP) is 6.53. The maximum atomic E-state index is 6.08. The Bertz CT molecular complexity index is 1280. The quantitative estimate of drug-likeness (QED) is 0.316. The van der Waals surface area contributed by atoms with Crippen LogP contribution in [0.3, 0.4) is 0 Å². The van der Waals surface area contributed by atoms with Crippen LogP contribution in [-0.2, 0) is 12.5 Å². The first-order valence-electron chi connectivity index (χ1n) is 8.78. The first-order chi connectivity index (χ1) is 11.9. The zero-order valence-corrected chi connectivity index (χ0v) is 15.1. The molecule has 3 aromatic carbocycles. The molecule has 124 valence electrons. The van der Waals surface area contributed by atoms with Gasteiger partial charge >= 0.3 is 0 Å². The van der Waals surface area contributed by atoms with E-state index in [0.29, 0.717) is 0 Å². The fourth-order valence-electron chi connectivity index (χ4n) is 4.00. The van der Waals surface area contributed by atoms with E-state index in [4.69, 9.17) is 4.42 Å². The van der Waals surface area contributed by atoms with Crippen molar-refractivity contribution >= 4 is 43.7 Å². The number of nitrogens with zero attached hydrogens (tertiary/aromatic N) is 1. The van der Waals surface area contributed by atoms with Gasteiger partial charge in [0.25, 0.3) is 0 Å². The van der Waals surface area contributed by atoms with Gasteiger partial charge in [-0.25, -0.2) is 0 Å². The molecule has 0 aliphatic rings. The molecule has 0 amide bonds. The number of rotatable bonds is 0. The van der Waals surface area contributed by atoms with E-state index in [1.54, 1.807) is 0 Å². The standard InChI is InChI=1S/C23H21NO/c1-23(2,3)14-9-11-18-17(13-14)15-10-12-20-21(22(15)24(18)4)16-7-5-6-8-19(16)25-20/h5-13H,1-4H3. The number of aryl methyl sites for hydroxylation is 1. The van der Waals surface area contributed by atoms with Crippen LogP contribution >= 0.6 is 0 Å². The van der Waals surface area contributed by atoms with Crippen LogP contribution in [0.2, 0.25) is 0 Å². The zero-order valence-electron chi connectivity index (χ0n) is 15.1. The number of benzene rings is 3. The number of aromatic nitrogens is 1. The van der Waals surface area contributed by atoms with Crippen molar-refractivity contribution in [3.8, 4) is 0 Å². The molecule has 0 spiro atoms. The van der Waals surface area contributed by atoms with Crippen molar-refractivity contribution in [2.24, 2.45) is 7.05 Å². The number of furan rings is 1. The van der Waals surface area contributed by atoms with Crippen LogP contribution in [0, 0.1) is 0 Å². The highest BCUT2D eigenvalue weighted by Crippen LogP contribution is 2.39. The molecule has 25 heavy (non-hydrogen) atoms. The van der Waals surface area contributed by atoms with Crippen LogP contribution in [0.5, 0.6) is 0 Å².